The number of ether oxygens (including phenoxy) is 1. The normalized spacial score (nSPS) is 15.0. The van der Waals surface area contributed by atoms with Gasteiger partial charge in [0.1, 0.15) is 11.5 Å². The van der Waals surface area contributed by atoms with E-state index in [0.717, 1.165) is 35.1 Å². The summed E-state index contributed by atoms with van der Waals surface area (Å²) in [5.41, 5.74) is 2.06. The van der Waals surface area contributed by atoms with Gasteiger partial charge in [-0.15, -0.1) is 11.8 Å². The minimum absolute atomic E-state index is 0.111. The third kappa shape index (κ3) is 6.03. The molecular formula is C21H27NO4S. The van der Waals surface area contributed by atoms with Crippen LogP contribution in [0, 0.1) is 6.92 Å². The van der Waals surface area contributed by atoms with Crippen LogP contribution in [0.2, 0.25) is 0 Å². The quantitative estimate of drug-likeness (QED) is 0.653. The molecule has 1 fully saturated rings. The fourth-order valence-electron chi connectivity index (χ4n) is 3.45. The molecule has 5 nitrogen and oxygen atoms in total. The van der Waals surface area contributed by atoms with E-state index in [-0.39, 0.29) is 5.75 Å². The van der Waals surface area contributed by atoms with Crippen molar-refractivity contribution in [3.8, 4) is 5.75 Å². The lowest BCUT2D eigenvalue weighted by Crippen LogP contribution is -2.06. The fourth-order valence-corrected chi connectivity index (χ4v) is 4.15. The monoisotopic (exact) mass is 389 g/mol. The lowest BCUT2D eigenvalue weighted by molar-refractivity contribution is -0.133. The van der Waals surface area contributed by atoms with Crippen LogP contribution in [0.5, 0.6) is 5.75 Å². The number of nitrogens with zero attached hydrogens (tertiary/aromatic N) is 1. The van der Waals surface area contributed by atoms with E-state index in [9.17, 15) is 4.79 Å². The molecule has 1 N–H and O–H groups in total. The lowest BCUT2D eigenvalue weighted by atomic mass is 9.89. The van der Waals surface area contributed by atoms with Crippen molar-refractivity contribution in [3.05, 3.63) is 47.2 Å². The largest absolute Gasteiger partial charge is 0.493 e. The van der Waals surface area contributed by atoms with Crippen molar-refractivity contribution in [2.75, 3.05) is 12.4 Å². The number of carboxylic acids is 1. The minimum atomic E-state index is -0.789. The Kier molecular flexibility index (Phi) is 7.21. The molecule has 1 aromatic carbocycles. The number of hydrogen-bond acceptors (Lipinski definition) is 5. The predicted molar refractivity (Wildman–Crippen MR) is 107 cm³/mol. The standard InChI is InChI=1S/C21H27NO4S/c1-15-19(22-21(26-15)17-7-3-2-4-8-17)10-11-25-18-9-5-6-16(12-18)13-27-14-20(23)24/h5-6,9,12,17H,2-4,7-8,10-11,13-14H2,1H3,(H,23,24). The molecule has 1 aromatic heterocycles. The Morgan fingerprint density at radius 2 is 2.15 bits per heavy atom. The van der Waals surface area contributed by atoms with Gasteiger partial charge in [0.25, 0.3) is 0 Å². The van der Waals surface area contributed by atoms with Crippen molar-refractivity contribution in [2.24, 2.45) is 0 Å². The first-order valence-electron chi connectivity index (χ1n) is 9.59. The Labute approximate surface area is 164 Å². The van der Waals surface area contributed by atoms with E-state index in [4.69, 9.17) is 19.2 Å². The molecule has 3 rings (SSSR count). The van der Waals surface area contributed by atoms with E-state index in [2.05, 4.69) is 0 Å². The third-order valence-corrected chi connectivity index (χ3v) is 5.85. The number of oxazole rings is 1. The Bertz CT molecular complexity index is 752. The van der Waals surface area contributed by atoms with Crippen LogP contribution in [0.1, 0.15) is 60.9 Å². The van der Waals surface area contributed by atoms with Crippen LogP contribution >= 0.6 is 11.8 Å². The molecule has 1 saturated carbocycles. The molecule has 0 saturated heterocycles. The van der Waals surface area contributed by atoms with Crippen LogP contribution in [0.15, 0.2) is 28.7 Å². The van der Waals surface area contributed by atoms with Crippen molar-refractivity contribution >= 4 is 17.7 Å². The number of aromatic nitrogens is 1. The van der Waals surface area contributed by atoms with Gasteiger partial charge in [0.05, 0.1) is 18.1 Å². The number of aliphatic carboxylic acids is 1. The van der Waals surface area contributed by atoms with Crippen molar-refractivity contribution in [2.45, 2.75) is 57.1 Å². The van der Waals surface area contributed by atoms with E-state index in [1.54, 1.807) is 0 Å². The molecule has 146 valence electrons. The molecule has 0 unspecified atom stereocenters. The summed E-state index contributed by atoms with van der Waals surface area (Å²) >= 11 is 1.38. The molecule has 0 bridgehead atoms. The molecular weight excluding hydrogens is 362 g/mol. The number of hydrogen-bond donors (Lipinski definition) is 1. The van der Waals surface area contributed by atoms with Crippen LogP contribution in [-0.2, 0) is 17.0 Å². The van der Waals surface area contributed by atoms with Gasteiger partial charge in [-0.25, -0.2) is 4.98 Å². The Morgan fingerprint density at radius 3 is 2.93 bits per heavy atom. The summed E-state index contributed by atoms with van der Waals surface area (Å²) in [6.07, 6.45) is 6.95. The third-order valence-electron chi connectivity index (χ3n) is 4.86. The van der Waals surface area contributed by atoms with Gasteiger partial charge in [-0.05, 0) is 37.5 Å². The van der Waals surface area contributed by atoms with Crippen LogP contribution in [-0.4, -0.2) is 28.4 Å². The number of benzene rings is 1. The second-order valence-corrected chi connectivity index (χ2v) is 8.01. The first kappa shape index (κ1) is 19.8. The van der Waals surface area contributed by atoms with E-state index in [1.165, 1.54) is 43.9 Å². The van der Waals surface area contributed by atoms with Gasteiger partial charge in [-0.3, -0.25) is 4.79 Å². The topological polar surface area (TPSA) is 72.6 Å². The second-order valence-electron chi connectivity index (χ2n) is 7.02. The summed E-state index contributed by atoms with van der Waals surface area (Å²) in [5, 5.41) is 8.72. The molecule has 2 aromatic rings. The molecule has 1 aliphatic carbocycles. The number of carboxylic acid groups (broad SMARTS) is 1. The zero-order valence-electron chi connectivity index (χ0n) is 15.8. The van der Waals surface area contributed by atoms with Crippen LogP contribution in [0.25, 0.3) is 0 Å². The van der Waals surface area contributed by atoms with Gasteiger partial charge in [-0.2, -0.15) is 0 Å². The maximum absolute atomic E-state index is 10.6. The number of aryl methyl sites for hydroxylation is 1. The summed E-state index contributed by atoms with van der Waals surface area (Å²) in [6, 6.07) is 7.82. The van der Waals surface area contributed by atoms with Gasteiger partial charge in [-0.1, -0.05) is 31.4 Å². The number of carbonyl (C=O) groups is 1. The summed E-state index contributed by atoms with van der Waals surface area (Å²) < 4.78 is 11.8. The van der Waals surface area contributed by atoms with Crippen LogP contribution in [0.4, 0.5) is 0 Å². The SMILES string of the molecule is Cc1oc(C2CCCCC2)nc1CCOc1cccc(CSCC(=O)O)c1. The number of thioether (sulfide) groups is 1. The van der Waals surface area contributed by atoms with Gasteiger partial charge in [0, 0.05) is 18.1 Å². The maximum Gasteiger partial charge on any atom is 0.313 e. The highest BCUT2D eigenvalue weighted by atomic mass is 32.2. The highest BCUT2D eigenvalue weighted by Gasteiger charge is 2.21. The van der Waals surface area contributed by atoms with Gasteiger partial charge in [0.2, 0.25) is 0 Å². The molecule has 1 aliphatic rings. The fraction of sp³-hybridized carbons (Fsp3) is 0.524. The summed E-state index contributed by atoms with van der Waals surface area (Å²) in [6.45, 7) is 2.53. The minimum Gasteiger partial charge on any atom is -0.493 e. The van der Waals surface area contributed by atoms with Gasteiger partial charge < -0.3 is 14.3 Å². The smallest absolute Gasteiger partial charge is 0.313 e. The van der Waals surface area contributed by atoms with E-state index < -0.39 is 5.97 Å². The molecule has 0 amide bonds. The summed E-state index contributed by atoms with van der Waals surface area (Å²) in [4.78, 5) is 15.3. The van der Waals surface area contributed by atoms with Crippen molar-refractivity contribution in [3.63, 3.8) is 0 Å². The maximum atomic E-state index is 10.6. The highest BCUT2D eigenvalue weighted by molar-refractivity contribution is 7.99. The van der Waals surface area contributed by atoms with Gasteiger partial charge in [0.15, 0.2) is 5.89 Å². The molecule has 0 atom stereocenters. The average molecular weight is 390 g/mol. The Morgan fingerprint density at radius 1 is 1.33 bits per heavy atom. The second kappa shape index (κ2) is 9.83. The first-order chi connectivity index (χ1) is 13.1. The van der Waals surface area contributed by atoms with E-state index in [1.807, 2.05) is 31.2 Å². The molecule has 6 heteroatoms. The zero-order chi connectivity index (χ0) is 19.1. The lowest BCUT2D eigenvalue weighted by Gasteiger charge is -2.17. The average Bonchev–Trinajstić information content (AvgIpc) is 3.03. The van der Waals surface area contributed by atoms with Crippen molar-refractivity contribution in [1.29, 1.82) is 0 Å². The first-order valence-corrected chi connectivity index (χ1v) is 10.7. The summed E-state index contributed by atoms with van der Waals surface area (Å²) in [7, 11) is 0. The van der Waals surface area contributed by atoms with Crippen LogP contribution < -0.4 is 4.74 Å². The molecule has 0 radical (unpaired) electrons. The molecule has 0 aliphatic heterocycles. The van der Waals surface area contributed by atoms with Crippen molar-refractivity contribution < 1.29 is 19.1 Å². The number of rotatable bonds is 9. The van der Waals surface area contributed by atoms with Crippen molar-refractivity contribution in [1.82, 2.24) is 4.98 Å². The predicted octanol–water partition coefficient (Wildman–Crippen LogP) is 4.97. The molecule has 0 spiro atoms. The van der Waals surface area contributed by atoms with Crippen LogP contribution in [0.3, 0.4) is 0 Å². The summed E-state index contributed by atoms with van der Waals surface area (Å²) in [5.74, 6) is 3.07. The zero-order valence-corrected chi connectivity index (χ0v) is 16.6. The molecule has 1 heterocycles. The van der Waals surface area contributed by atoms with E-state index >= 15 is 0 Å². The Balaban J connectivity index is 1.49. The van der Waals surface area contributed by atoms with E-state index in [0.29, 0.717) is 18.3 Å². The van der Waals surface area contributed by atoms with Gasteiger partial charge >= 0.3 is 5.97 Å². The Hall–Kier alpha value is -1.95. The molecule has 27 heavy (non-hydrogen) atoms. The highest BCUT2D eigenvalue weighted by Crippen LogP contribution is 2.33.